The van der Waals surface area contributed by atoms with Gasteiger partial charge in [-0.3, -0.25) is 14.4 Å². The smallest absolute Gasteiger partial charge is 0.332 e. The third-order valence-corrected chi connectivity index (χ3v) is 5.51. The van der Waals surface area contributed by atoms with Gasteiger partial charge in [0.1, 0.15) is 0 Å². The van der Waals surface area contributed by atoms with Gasteiger partial charge in [0.05, 0.1) is 5.69 Å². The Labute approximate surface area is 150 Å². The fourth-order valence-corrected chi connectivity index (χ4v) is 4.14. The Morgan fingerprint density at radius 3 is 2.27 bits per heavy atom. The molecule has 0 aromatic heterocycles. The lowest BCUT2D eigenvalue weighted by Crippen LogP contribution is -2.55. The van der Waals surface area contributed by atoms with Crippen LogP contribution in [0.25, 0.3) is 0 Å². The summed E-state index contributed by atoms with van der Waals surface area (Å²) in [7, 11) is 0. The molecule has 1 atom stereocenters. The maximum Gasteiger partial charge on any atom is 0.332 e. The molecular weight excluding hydrogens is 336 g/mol. The van der Waals surface area contributed by atoms with Crippen LogP contribution in [0.2, 0.25) is 0 Å². The standard InChI is InChI=1S/C18H20N4O4/c19-15(24)18-9-3-11-21(18)17(26)22(16(18)25)13-7-5-12(6-8-13)20-10-2-1-4-14(20)23/h5-8H,1-4,9-11H2,(H2,19,24)/t18-/m0/s1. The summed E-state index contributed by atoms with van der Waals surface area (Å²) < 4.78 is 0. The molecule has 3 aliphatic rings. The second-order valence-corrected chi connectivity index (χ2v) is 6.92. The normalized spacial score (nSPS) is 25.8. The van der Waals surface area contributed by atoms with Crippen molar-refractivity contribution in [2.45, 2.75) is 37.6 Å². The highest BCUT2D eigenvalue weighted by atomic mass is 16.2. The summed E-state index contributed by atoms with van der Waals surface area (Å²) in [5, 5.41) is 0. The minimum absolute atomic E-state index is 0.0747. The second-order valence-electron chi connectivity index (χ2n) is 6.92. The van der Waals surface area contributed by atoms with Crippen LogP contribution in [-0.4, -0.2) is 47.3 Å². The maximum absolute atomic E-state index is 12.9. The van der Waals surface area contributed by atoms with Crippen LogP contribution in [-0.2, 0) is 14.4 Å². The highest BCUT2D eigenvalue weighted by Gasteiger charge is 2.63. The van der Waals surface area contributed by atoms with E-state index in [-0.39, 0.29) is 12.3 Å². The van der Waals surface area contributed by atoms with Crippen molar-refractivity contribution in [1.29, 1.82) is 0 Å². The molecule has 26 heavy (non-hydrogen) atoms. The number of nitrogens with two attached hydrogens (primary N) is 1. The topological polar surface area (TPSA) is 104 Å². The van der Waals surface area contributed by atoms with Crippen LogP contribution in [0, 0.1) is 0 Å². The lowest BCUT2D eigenvalue weighted by atomic mass is 9.95. The van der Waals surface area contributed by atoms with Gasteiger partial charge in [-0.1, -0.05) is 0 Å². The predicted molar refractivity (Wildman–Crippen MR) is 93.4 cm³/mol. The lowest BCUT2D eigenvalue weighted by molar-refractivity contribution is -0.136. The van der Waals surface area contributed by atoms with Crippen LogP contribution in [0.3, 0.4) is 0 Å². The van der Waals surface area contributed by atoms with Crippen molar-refractivity contribution in [2.75, 3.05) is 22.9 Å². The number of primary amides is 1. The molecule has 0 radical (unpaired) electrons. The van der Waals surface area contributed by atoms with Crippen molar-refractivity contribution in [2.24, 2.45) is 5.73 Å². The summed E-state index contributed by atoms with van der Waals surface area (Å²) in [6.07, 6.45) is 3.21. The van der Waals surface area contributed by atoms with Crippen LogP contribution < -0.4 is 15.5 Å². The number of carbonyl (C=O) groups is 4. The van der Waals surface area contributed by atoms with Crippen LogP contribution in [0.4, 0.5) is 16.2 Å². The highest BCUT2D eigenvalue weighted by Crippen LogP contribution is 2.40. The molecule has 4 rings (SSSR count). The van der Waals surface area contributed by atoms with E-state index in [0.717, 1.165) is 23.4 Å². The molecule has 1 aromatic rings. The number of imide groups is 1. The number of nitrogens with zero attached hydrogens (tertiary/aromatic N) is 3. The second kappa shape index (κ2) is 5.82. The van der Waals surface area contributed by atoms with Gasteiger partial charge in [-0.05, 0) is 49.9 Å². The van der Waals surface area contributed by atoms with Crippen molar-refractivity contribution in [3.05, 3.63) is 24.3 Å². The highest BCUT2D eigenvalue weighted by molar-refractivity contribution is 6.31. The SMILES string of the molecule is NC(=O)[C@]12CCCN1C(=O)N(c1ccc(N3CCCCC3=O)cc1)C2=O. The zero-order valence-corrected chi connectivity index (χ0v) is 14.3. The molecule has 3 aliphatic heterocycles. The van der Waals surface area contributed by atoms with Crippen molar-refractivity contribution in [1.82, 2.24) is 4.90 Å². The van der Waals surface area contributed by atoms with Crippen molar-refractivity contribution in [3.63, 3.8) is 0 Å². The summed E-state index contributed by atoms with van der Waals surface area (Å²) in [5.74, 6) is -1.30. The average Bonchev–Trinajstić information content (AvgIpc) is 3.16. The van der Waals surface area contributed by atoms with Crippen LogP contribution in [0.5, 0.6) is 0 Å². The third-order valence-electron chi connectivity index (χ3n) is 5.51. The molecule has 136 valence electrons. The quantitative estimate of drug-likeness (QED) is 0.644. The number of hydrogen-bond acceptors (Lipinski definition) is 4. The summed E-state index contributed by atoms with van der Waals surface area (Å²) in [6.45, 7) is 1.00. The minimum Gasteiger partial charge on any atom is -0.367 e. The molecule has 0 aliphatic carbocycles. The predicted octanol–water partition coefficient (Wildman–Crippen LogP) is 0.990. The van der Waals surface area contributed by atoms with E-state index in [9.17, 15) is 19.2 Å². The molecule has 0 spiro atoms. The number of fused-ring (bicyclic) bond motifs is 1. The molecule has 8 nitrogen and oxygen atoms in total. The number of benzene rings is 1. The monoisotopic (exact) mass is 356 g/mol. The van der Waals surface area contributed by atoms with Gasteiger partial charge < -0.3 is 15.5 Å². The van der Waals surface area contributed by atoms with E-state index in [1.807, 2.05) is 0 Å². The Morgan fingerprint density at radius 2 is 1.65 bits per heavy atom. The van der Waals surface area contributed by atoms with E-state index in [0.29, 0.717) is 31.6 Å². The van der Waals surface area contributed by atoms with Crippen LogP contribution in [0.1, 0.15) is 32.1 Å². The fraction of sp³-hybridized carbons (Fsp3) is 0.444. The summed E-state index contributed by atoms with van der Waals surface area (Å²) in [4.78, 5) is 53.6. The number of hydrogen-bond donors (Lipinski definition) is 1. The molecule has 1 aromatic carbocycles. The molecule has 8 heteroatoms. The van der Waals surface area contributed by atoms with Crippen molar-refractivity contribution >= 4 is 35.1 Å². The molecule has 2 N–H and O–H groups in total. The molecule has 3 fully saturated rings. The van der Waals surface area contributed by atoms with Crippen LogP contribution in [0.15, 0.2) is 24.3 Å². The van der Waals surface area contributed by atoms with Crippen molar-refractivity contribution in [3.8, 4) is 0 Å². The number of anilines is 2. The van der Waals surface area contributed by atoms with Gasteiger partial charge >= 0.3 is 6.03 Å². The first-order valence-electron chi connectivity index (χ1n) is 8.83. The van der Waals surface area contributed by atoms with E-state index in [1.165, 1.54) is 4.90 Å². The first-order chi connectivity index (χ1) is 12.5. The molecule has 3 heterocycles. The van der Waals surface area contributed by atoms with Gasteiger partial charge in [-0.15, -0.1) is 0 Å². The van der Waals surface area contributed by atoms with Crippen LogP contribution >= 0.6 is 0 Å². The number of urea groups is 1. The Bertz CT molecular complexity index is 806. The zero-order chi connectivity index (χ0) is 18.5. The maximum atomic E-state index is 12.9. The van der Waals surface area contributed by atoms with Gasteiger partial charge in [0.15, 0.2) is 0 Å². The van der Waals surface area contributed by atoms with E-state index < -0.39 is 23.4 Å². The molecule has 0 bridgehead atoms. The number of carbonyl (C=O) groups excluding carboxylic acids is 4. The summed E-state index contributed by atoms with van der Waals surface area (Å²) >= 11 is 0. The third kappa shape index (κ3) is 2.14. The van der Waals surface area contributed by atoms with E-state index in [2.05, 4.69) is 0 Å². The fourth-order valence-electron chi connectivity index (χ4n) is 4.14. The largest absolute Gasteiger partial charge is 0.367 e. The first-order valence-corrected chi connectivity index (χ1v) is 8.83. The van der Waals surface area contributed by atoms with E-state index >= 15 is 0 Å². The Kier molecular flexibility index (Phi) is 3.71. The first kappa shape index (κ1) is 16.6. The summed E-state index contributed by atoms with van der Waals surface area (Å²) in [6, 6.07) is 6.18. The molecule has 0 saturated carbocycles. The molecule has 5 amide bonds. The Balaban J connectivity index is 1.64. The average molecular weight is 356 g/mol. The minimum atomic E-state index is -1.56. The van der Waals surface area contributed by atoms with Gasteiger partial charge in [0, 0.05) is 25.2 Å². The molecular formula is C18H20N4O4. The summed E-state index contributed by atoms with van der Waals surface area (Å²) in [5.41, 5.74) is 5.04. The van der Waals surface area contributed by atoms with Crippen molar-refractivity contribution < 1.29 is 19.2 Å². The van der Waals surface area contributed by atoms with Gasteiger partial charge in [0.25, 0.3) is 11.8 Å². The Morgan fingerprint density at radius 1 is 0.962 bits per heavy atom. The Hall–Kier alpha value is -2.90. The number of piperidine rings is 1. The van der Waals surface area contributed by atoms with Gasteiger partial charge in [-0.2, -0.15) is 0 Å². The lowest BCUT2D eigenvalue weighted by Gasteiger charge is -2.27. The zero-order valence-electron chi connectivity index (χ0n) is 14.3. The van der Waals surface area contributed by atoms with Gasteiger partial charge in [-0.25, -0.2) is 9.69 Å². The molecule has 3 saturated heterocycles. The number of rotatable bonds is 3. The molecule has 0 unspecified atom stereocenters. The van der Waals surface area contributed by atoms with Gasteiger partial charge in [0.2, 0.25) is 11.4 Å². The number of amides is 5. The van der Waals surface area contributed by atoms with E-state index in [4.69, 9.17) is 5.73 Å². The van der Waals surface area contributed by atoms with E-state index in [1.54, 1.807) is 29.2 Å².